The van der Waals surface area contributed by atoms with E-state index >= 15 is 0 Å². The number of aliphatic hydroxyl groups excluding tert-OH is 1. The first-order valence-electron chi connectivity index (χ1n) is 17.1. The van der Waals surface area contributed by atoms with Crippen LogP contribution in [0.2, 0.25) is 0 Å². The highest BCUT2D eigenvalue weighted by Gasteiger charge is 2.36. The Labute approximate surface area is 297 Å². The molecule has 3 aromatic rings. The molecule has 0 radical (unpaired) electrons. The fraction of sp³-hybridized carbons (Fsp3) is 0.487. The zero-order chi connectivity index (χ0) is 37.6. The molecule has 0 spiro atoms. The van der Waals surface area contributed by atoms with Crippen molar-refractivity contribution in [2.75, 3.05) is 27.7 Å². The van der Waals surface area contributed by atoms with Crippen LogP contribution in [-0.4, -0.2) is 65.3 Å². The van der Waals surface area contributed by atoms with Crippen LogP contribution >= 0.6 is 0 Å². The lowest BCUT2D eigenvalue weighted by atomic mass is 9.83. The molecule has 12 heteroatoms. The molecule has 2 heterocycles. The molecule has 1 saturated carbocycles. The van der Waals surface area contributed by atoms with Crippen LogP contribution in [0, 0.1) is 37.5 Å². The second kappa shape index (κ2) is 16.7. The molecule has 0 aliphatic heterocycles. The first kappa shape index (κ1) is 39.3. The molecule has 1 aliphatic carbocycles. The van der Waals surface area contributed by atoms with Crippen molar-refractivity contribution in [1.82, 2.24) is 19.8 Å². The Morgan fingerprint density at radius 3 is 2.37 bits per heavy atom. The van der Waals surface area contributed by atoms with Crippen LogP contribution in [0.1, 0.15) is 85.3 Å². The Hall–Kier alpha value is -4.47. The fourth-order valence-corrected chi connectivity index (χ4v) is 6.27. The highest BCUT2D eigenvalue weighted by molar-refractivity contribution is 5.82. The summed E-state index contributed by atoms with van der Waals surface area (Å²) in [4.78, 5) is 46.8. The van der Waals surface area contributed by atoms with Crippen molar-refractivity contribution in [3.8, 4) is 23.0 Å². The van der Waals surface area contributed by atoms with Gasteiger partial charge in [0.05, 0.1) is 36.9 Å². The number of pyridine rings is 2. The van der Waals surface area contributed by atoms with E-state index in [4.69, 9.17) is 9.72 Å². The zero-order valence-electron chi connectivity index (χ0n) is 30.2. The van der Waals surface area contributed by atoms with Crippen LogP contribution in [0.3, 0.4) is 0 Å². The largest absolute Gasteiger partial charge is 0.469 e. The van der Waals surface area contributed by atoms with Crippen molar-refractivity contribution >= 4 is 11.9 Å². The second-order valence-electron chi connectivity index (χ2n) is 14.0. The maximum atomic E-state index is 14.3. The number of rotatable bonds is 12. The van der Waals surface area contributed by atoms with Gasteiger partial charge in [0, 0.05) is 24.7 Å². The van der Waals surface area contributed by atoms with Gasteiger partial charge < -0.3 is 24.6 Å². The minimum atomic E-state index is -4.76. The Balaban J connectivity index is 1.83. The SMILES string of the molecule is COC(=O)C[C@H](NC(=O)C(CC(C)C)n1cc(CCN(C)C)c(C(F)(F)F)cc1=O)c1cc(-c2c(C)cccc2C)cc(C#CC2CC(O)C2)n1. The number of halogens is 3. The van der Waals surface area contributed by atoms with Crippen LogP contribution in [0.25, 0.3) is 11.1 Å². The van der Waals surface area contributed by atoms with Crippen LogP contribution in [0.5, 0.6) is 0 Å². The topological polar surface area (TPSA) is 114 Å². The lowest BCUT2D eigenvalue weighted by molar-refractivity contribution is -0.141. The number of methoxy groups -OCH3 is 1. The molecule has 9 nitrogen and oxygen atoms in total. The first-order chi connectivity index (χ1) is 24.0. The monoisotopic (exact) mass is 708 g/mol. The van der Waals surface area contributed by atoms with E-state index in [0.717, 1.165) is 33.0 Å². The van der Waals surface area contributed by atoms with Gasteiger partial charge in [-0.1, -0.05) is 38.0 Å². The molecule has 0 bridgehead atoms. The molecule has 1 aliphatic rings. The number of hydrogen-bond donors (Lipinski definition) is 2. The number of hydrogen-bond acceptors (Lipinski definition) is 7. The van der Waals surface area contributed by atoms with Crippen molar-refractivity contribution < 1.29 is 32.6 Å². The number of nitrogens with one attached hydrogen (secondary N) is 1. The number of esters is 1. The molecule has 1 unspecified atom stereocenters. The molecular formula is C39H47F3N4O5. The average Bonchev–Trinajstić information content (AvgIpc) is 3.03. The van der Waals surface area contributed by atoms with Crippen molar-refractivity contribution in [2.24, 2.45) is 11.8 Å². The van der Waals surface area contributed by atoms with Gasteiger partial charge in [0.2, 0.25) is 5.91 Å². The van der Waals surface area contributed by atoms with E-state index in [0.29, 0.717) is 36.8 Å². The Morgan fingerprint density at radius 2 is 1.80 bits per heavy atom. The summed E-state index contributed by atoms with van der Waals surface area (Å²) < 4.78 is 48.1. The quantitative estimate of drug-likeness (QED) is 0.181. The number of ether oxygens (including phenoxy) is 1. The van der Waals surface area contributed by atoms with Gasteiger partial charge in [-0.2, -0.15) is 13.2 Å². The molecule has 1 amide bonds. The molecule has 51 heavy (non-hydrogen) atoms. The lowest BCUT2D eigenvalue weighted by Crippen LogP contribution is -2.41. The van der Waals surface area contributed by atoms with Gasteiger partial charge in [-0.05, 0) is 105 Å². The predicted octanol–water partition coefficient (Wildman–Crippen LogP) is 5.78. The zero-order valence-corrected chi connectivity index (χ0v) is 30.2. The van der Waals surface area contributed by atoms with Gasteiger partial charge in [0.15, 0.2) is 0 Å². The van der Waals surface area contributed by atoms with Crippen molar-refractivity contribution in [1.29, 1.82) is 0 Å². The molecular weight excluding hydrogens is 661 g/mol. The van der Waals surface area contributed by atoms with E-state index in [9.17, 15) is 32.7 Å². The highest BCUT2D eigenvalue weighted by Crippen LogP contribution is 2.34. The van der Waals surface area contributed by atoms with Crippen molar-refractivity contribution in [3.63, 3.8) is 0 Å². The lowest BCUT2D eigenvalue weighted by Gasteiger charge is -2.27. The van der Waals surface area contributed by atoms with Gasteiger partial charge >= 0.3 is 12.1 Å². The van der Waals surface area contributed by atoms with E-state index < -0.39 is 41.3 Å². The number of aromatic nitrogens is 2. The van der Waals surface area contributed by atoms with Crippen LogP contribution in [0.15, 0.2) is 47.4 Å². The van der Waals surface area contributed by atoms with Gasteiger partial charge in [-0.3, -0.25) is 14.4 Å². The fourth-order valence-electron chi connectivity index (χ4n) is 6.27. The third kappa shape index (κ3) is 10.3. The smallest absolute Gasteiger partial charge is 0.416 e. The summed E-state index contributed by atoms with van der Waals surface area (Å²) in [6, 6.07) is 7.85. The molecule has 2 aromatic heterocycles. The minimum absolute atomic E-state index is 0.00175. The summed E-state index contributed by atoms with van der Waals surface area (Å²) in [5, 5.41) is 12.6. The van der Waals surface area contributed by atoms with Gasteiger partial charge in [0.25, 0.3) is 5.56 Å². The number of likely N-dealkylation sites (N-methyl/N-ethyl adjacent to an activating group) is 1. The number of aryl methyl sites for hydroxylation is 2. The maximum Gasteiger partial charge on any atom is 0.416 e. The standard InChI is InChI=1S/C39H47F3N4O5/c1-23(2)15-34(46-22-27(13-14-45(5)6)31(20-35(46)48)39(40,41)42)38(50)44-33(21-36(49)51-7)32-19-28(37-24(3)9-8-10-25(37)4)18-29(43-32)12-11-26-16-30(47)17-26/h8-10,18-20,22-23,26,30,33-34,47H,13-17,21H2,1-7H3,(H,44,50)/t26?,30?,33-,34?/m0/s1. The van der Waals surface area contributed by atoms with E-state index in [1.54, 1.807) is 25.1 Å². The second-order valence-corrected chi connectivity index (χ2v) is 14.0. The molecule has 2 N–H and O–H groups in total. The summed E-state index contributed by atoms with van der Waals surface area (Å²) in [6.45, 7) is 7.93. The van der Waals surface area contributed by atoms with Gasteiger partial charge in [-0.15, -0.1) is 0 Å². The summed E-state index contributed by atoms with van der Waals surface area (Å²) in [7, 11) is 4.69. The minimum Gasteiger partial charge on any atom is -0.469 e. The summed E-state index contributed by atoms with van der Waals surface area (Å²) >= 11 is 0. The van der Waals surface area contributed by atoms with E-state index in [1.165, 1.54) is 7.11 Å². The first-order valence-corrected chi connectivity index (χ1v) is 17.1. The van der Waals surface area contributed by atoms with E-state index in [1.807, 2.05) is 52.0 Å². The number of aliphatic hydroxyl groups is 1. The van der Waals surface area contributed by atoms with Crippen LogP contribution < -0.4 is 10.9 Å². The van der Waals surface area contributed by atoms with Gasteiger partial charge in [0.1, 0.15) is 11.7 Å². The summed E-state index contributed by atoms with van der Waals surface area (Å²) in [5.74, 6) is 4.88. The van der Waals surface area contributed by atoms with Crippen LogP contribution in [-0.2, 0) is 26.9 Å². The Morgan fingerprint density at radius 1 is 1.14 bits per heavy atom. The van der Waals surface area contributed by atoms with Crippen LogP contribution in [0.4, 0.5) is 13.2 Å². The van der Waals surface area contributed by atoms with E-state index in [2.05, 4.69) is 17.2 Å². The number of amides is 1. The van der Waals surface area contributed by atoms with Crippen molar-refractivity contribution in [3.05, 3.63) is 86.6 Å². The predicted molar refractivity (Wildman–Crippen MR) is 189 cm³/mol. The molecule has 0 saturated heterocycles. The molecule has 4 rings (SSSR count). The Kier molecular flexibility index (Phi) is 12.9. The molecule has 274 valence electrons. The third-order valence-corrected chi connectivity index (χ3v) is 9.03. The number of benzene rings is 1. The Bertz CT molecular complexity index is 1830. The maximum absolute atomic E-state index is 14.3. The number of alkyl halides is 3. The third-order valence-electron chi connectivity index (χ3n) is 9.03. The molecule has 2 atom stereocenters. The number of nitrogens with zero attached hydrogens (tertiary/aromatic N) is 3. The molecule has 1 fully saturated rings. The average molecular weight is 709 g/mol. The van der Waals surface area contributed by atoms with Gasteiger partial charge in [-0.25, -0.2) is 4.98 Å². The number of carbonyl (C=O) groups excluding carboxylic acids is 2. The van der Waals surface area contributed by atoms with Crippen molar-refractivity contribution in [2.45, 2.75) is 84.2 Å². The normalized spacial score (nSPS) is 17.0. The molecule has 1 aromatic carbocycles. The number of carbonyl (C=O) groups is 2. The van der Waals surface area contributed by atoms with E-state index in [-0.39, 0.29) is 42.8 Å². The summed E-state index contributed by atoms with van der Waals surface area (Å²) in [6.07, 6.45) is -3.04. The summed E-state index contributed by atoms with van der Waals surface area (Å²) in [5.41, 5.74) is 2.31. The highest BCUT2D eigenvalue weighted by atomic mass is 19.4.